The Morgan fingerprint density at radius 1 is 1.10 bits per heavy atom. The first-order valence-corrected chi connectivity index (χ1v) is 9.08. The normalized spacial score (nSPS) is 11.6. The third kappa shape index (κ3) is 3.20. The molecule has 0 saturated carbocycles. The molecule has 7 heteroatoms. The Labute approximate surface area is 167 Å². The molecule has 0 radical (unpaired) electrons. The van der Waals surface area contributed by atoms with E-state index in [4.69, 9.17) is 4.74 Å². The molecule has 0 saturated heterocycles. The van der Waals surface area contributed by atoms with E-state index in [2.05, 4.69) is 15.2 Å². The fourth-order valence-corrected chi connectivity index (χ4v) is 3.41. The summed E-state index contributed by atoms with van der Waals surface area (Å²) in [6.07, 6.45) is 0. The molecular formula is C22H20N4O3. The van der Waals surface area contributed by atoms with Gasteiger partial charge in [-0.3, -0.25) is 9.78 Å². The van der Waals surface area contributed by atoms with E-state index in [1.165, 1.54) is 0 Å². The predicted octanol–water partition coefficient (Wildman–Crippen LogP) is 4.98. The van der Waals surface area contributed by atoms with Crippen molar-refractivity contribution in [2.24, 2.45) is 17.3 Å². The number of amides is 1. The molecule has 2 heterocycles. The number of pyridine rings is 1. The molecule has 0 bridgehead atoms. The van der Waals surface area contributed by atoms with Crippen LogP contribution in [0.2, 0.25) is 0 Å². The molecule has 7 nitrogen and oxygen atoms in total. The summed E-state index contributed by atoms with van der Waals surface area (Å²) in [7, 11) is 3.28. The Balaban J connectivity index is 1.81. The van der Waals surface area contributed by atoms with Gasteiger partial charge in [0.25, 0.3) is 5.91 Å². The van der Waals surface area contributed by atoms with Crippen LogP contribution >= 0.6 is 0 Å². The molecule has 0 aliphatic heterocycles. The topological polar surface area (TPSA) is 89.1 Å². The summed E-state index contributed by atoms with van der Waals surface area (Å²) in [6, 6.07) is 12.8. The van der Waals surface area contributed by atoms with Gasteiger partial charge in [-0.15, -0.1) is 10.2 Å². The van der Waals surface area contributed by atoms with E-state index in [1.807, 2.05) is 38.1 Å². The fraction of sp³-hybridized carbons (Fsp3) is 0.182. The van der Waals surface area contributed by atoms with Crippen LogP contribution in [0.3, 0.4) is 0 Å². The molecule has 0 spiro atoms. The van der Waals surface area contributed by atoms with Gasteiger partial charge in [-0.25, -0.2) is 0 Å². The average Bonchev–Trinajstić information content (AvgIpc) is 2.95. The number of aromatic hydroxyl groups is 1. The third-order valence-electron chi connectivity index (χ3n) is 4.91. The van der Waals surface area contributed by atoms with Gasteiger partial charge in [0.2, 0.25) is 5.88 Å². The number of carbonyl (C=O) groups is 1. The molecule has 1 amide bonds. The number of carbonyl (C=O) groups excluding carboxylic acids is 1. The Bertz CT molecular complexity index is 1300. The summed E-state index contributed by atoms with van der Waals surface area (Å²) in [5, 5.41) is 19.8. The summed E-state index contributed by atoms with van der Waals surface area (Å²) in [6.45, 7) is 3.78. The Morgan fingerprint density at radius 2 is 1.90 bits per heavy atom. The Kier molecular flexibility index (Phi) is 4.50. The highest BCUT2D eigenvalue weighted by molar-refractivity contribution is 6.07. The predicted molar refractivity (Wildman–Crippen MR) is 111 cm³/mol. The molecule has 146 valence electrons. The molecular weight excluding hydrogens is 368 g/mol. The second kappa shape index (κ2) is 7.01. The maximum atomic E-state index is 12.9. The molecule has 2 aromatic carbocycles. The van der Waals surface area contributed by atoms with E-state index in [9.17, 15) is 9.90 Å². The summed E-state index contributed by atoms with van der Waals surface area (Å²) in [5.74, 6) is 0.0546. The molecule has 2 aromatic heterocycles. The first-order valence-electron chi connectivity index (χ1n) is 9.08. The van der Waals surface area contributed by atoms with E-state index in [0.717, 1.165) is 27.7 Å². The zero-order valence-electron chi connectivity index (χ0n) is 16.6. The maximum absolute atomic E-state index is 12.9. The van der Waals surface area contributed by atoms with Crippen molar-refractivity contribution >= 4 is 33.4 Å². The van der Waals surface area contributed by atoms with Gasteiger partial charge in [-0.2, -0.15) is 0 Å². The molecule has 4 rings (SSSR count). The van der Waals surface area contributed by atoms with Crippen LogP contribution in [0, 0.1) is 13.8 Å². The van der Waals surface area contributed by atoms with E-state index >= 15 is 0 Å². The summed E-state index contributed by atoms with van der Waals surface area (Å²) in [4.78, 5) is 17.3. The number of aromatic nitrogens is 2. The summed E-state index contributed by atoms with van der Waals surface area (Å²) < 4.78 is 6.84. The molecule has 0 unspecified atom stereocenters. The second-order valence-electron chi connectivity index (χ2n) is 6.95. The van der Waals surface area contributed by atoms with Crippen molar-refractivity contribution in [2.45, 2.75) is 13.8 Å². The van der Waals surface area contributed by atoms with E-state index in [-0.39, 0.29) is 11.6 Å². The van der Waals surface area contributed by atoms with Crippen LogP contribution in [0.4, 0.5) is 5.69 Å². The zero-order chi connectivity index (χ0) is 20.7. The number of azo groups is 1. The minimum absolute atomic E-state index is 0.0728. The van der Waals surface area contributed by atoms with Crippen molar-refractivity contribution in [1.82, 2.24) is 9.55 Å². The maximum Gasteiger partial charge on any atom is 0.296 e. The number of aryl methyl sites for hydroxylation is 3. The van der Waals surface area contributed by atoms with Gasteiger partial charge in [-0.05, 0) is 50.2 Å². The highest BCUT2D eigenvalue weighted by atomic mass is 16.5. The van der Waals surface area contributed by atoms with Crippen molar-refractivity contribution in [3.8, 4) is 11.6 Å². The highest BCUT2D eigenvalue weighted by Gasteiger charge is 2.17. The molecule has 0 aliphatic rings. The third-order valence-corrected chi connectivity index (χ3v) is 4.91. The molecule has 0 aliphatic carbocycles. The number of hydrogen-bond acceptors (Lipinski definition) is 5. The number of rotatable bonds is 3. The van der Waals surface area contributed by atoms with Crippen LogP contribution in [-0.4, -0.2) is 27.7 Å². The standard InChI is InChI=1S/C22H20N4O3/c1-12-5-7-18-15(9-12)16(10-13(2)23-18)21(27)25-24-20-17-11-14(29-4)6-8-19(17)26(3)22(20)28/h5-11,28H,1-4H3. The average molecular weight is 388 g/mol. The van der Waals surface area contributed by atoms with Crippen molar-refractivity contribution in [3.63, 3.8) is 0 Å². The van der Waals surface area contributed by atoms with Gasteiger partial charge in [-0.1, -0.05) is 11.6 Å². The Morgan fingerprint density at radius 3 is 2.66 bits per heavy atom. The zero-order valence-corrected chi connectivity index (χ0v) is 16.6. The lowest BCUT2D eigenvalue weighted by Gasteiger charge is -2.05. The largest absolute Gasteiger partial charge is 0.497 e. The smallest absolute Gasteiger partial charge is 0.296 e. The first kappa shape index (κ1) is 18.6. The number of hydrogen-bond donors (Lipinski definition) is 1. The minimum Gasteiger partial charge on any atom is -0.497 e. The quantitative estimate of drug-likeness (QED) is 0.501. The number of benzene rings is 2. The fourth-order valence-electron chi connectivity index (χ4n) is 3.41. The van der Waals surface area contributed by atoms with Crippen molar-refractivity contribution in [1.29, 1.82) is 0 Å². The van der Waals surface area contributed by atoms with Gasteiger partial charge < -0.3 is 14.4 Å². The van der Waals surface area contributed by atoms with E-state index in [0.29, 0.717) is 16.7 Å². The summed E-state index contributed by atoms with van der Waals surface area (Å²) >= 11 is 0. The number of methoxy groups -OCH3 is 1. The SMILES string of the molecule is COc1ccc2c(c1)c(N=NC(=O)c1cc(C)nc3ccc(C)cc13)c(O)n2C. The molecule has 1 N–H and O–H groups in total. The monoisotopic (exact) mass is 388 g/mol. The first-order chi connectivity index (χ1) is 13.9. The molecule has 0 fully saturated rings. The lowest BCUT2D eigenvalue weighted by Crippen LogP contribution is -1.99. The van der Waals surface area contributed by atoms with Crippen LogP contribution in [0.1, 0.15) is 21.6 Å². The second-order valence-corrected chi connectivity index (χ2v) is 6.95. The van der Waals surface area contributed by atoms with Gasteiger partial charge >= 0.3 is 0 Å². The molecule has 4 aromatic rings. The van der Waals surface area contributed by atoms with Crippen LogP contribution in [0.15, 0.2) is 52.7 Å². The molecule has 0 atom stereocenters. The van der Waals surface area contributed by atoms with Gasteiger partial charge in [0.05, 0.1) is 23.7 Å². The lowest BCUT2D eigenvalue weighted by molar-refractivity contribution is 0.0996. The minimum atomic E-state index is -0.495. The number of ether oxygens (including phenoxy) is 1. The van der Waals surface area contributed by atoms with Crippen LogP contribution in [0.5, 0.6) is 11.6 Å². The highest BCUT2D eigenvalue weighted by Crippen LogP contribution is 2.39. The van der Waals surface area contributed by atoms with E-state index in [1.54, 1.807) is 36.9 Å². The van der Waals surface area contributed by atoms with Gasteiger partial charge in [0.1, 0.15) is 5.75 Å². The lowest BCUT2D eigenvalue weighted by atomic mass is 10.1. The Hall–Kier alpha value is -3.74. The van der Waals surface area contributed by atoms with Gasteiger partial charge in [0.15, 0.2) is 5.69 Å². The van der Waals surface area contributed by atoms with Crippen LogP contribution < -0.4 is 4.74 Å². The van der Waals surface area contributed by atoms with Crippen molar-refractivity contribution < 1.29 is 14.6 Å². The van der Waals surface area contributed by atoms with Crippen molar-refractivity contribution in [2.75, 3.05) is 7.11 Å². The van der Waals surface area contributed by atoms with E-state index < -0.39 is 5.91 Å². The number of nitrogens with zero attached hydrogens (tertiary/aromatic N) is 4. The number of fused-ring (bicyclic) bond motifs is 2. The molecule has 29 heavy (non-hydrogen) atoms. The van der Waals surface area contributed by atoms with Gasteiger partial charge in [0, 0.05) is 23.5 Å². The van der Waals surface area contributed by atoms with Crippen LogP contribution in [-0.2, 0) is 7.05 Å². The van der Waals surface area contributed by atoms with Crippen molar-refractivity contribution in [3.05, 3.63) is 59.3 Å². The van der Waals surface area contributed by atoms with Crippen LogP contribution in [0.25, 0.3) is 21.8 Å². The summed E-state index contributed by atoms with van der Waals surface area (Å²) in [5.41, 5.74) is 3.88.